The fourth-order valence-electron chi connectivity index (χ4n) is 2.31. The Bertz CT molecular complexity index is 610. The lowest BCUT2D eigenvalue weighted by Crippen LogP contribution is -2.28. The van der Waals surface area contributed by atoms with Crippen molar-refractivity contribution < 1.29 is 13.6 Å². The van der Waals surface area contributed by atoms with Gasteiger partial charge in [0, 0.05) is 19.2 Å². The second-order valence-corrected chi connectivity index (χ2v) is 4.90. The van der Waals surface area contributed by atoms with Gasteiger partial charge in [0.1, 0.15) is 5.76 Å². The zero-order chi connectivity index (χ0) is 14.5. The standard InChI is InChI=1S/C15H17N3O3/c19-15(13-5-4-10-20-13)17-16-11-12-6-7-14(21-12)18-8-2-1-3-9-18/h4-7,10-11H,1-3,8-9H2,(H,17,19)/b16-11-. The maximum atomic E-state index is 11.6. The van der Waals surface area contributed by atoms with E-state index in [0.29, 0.717) is 5.76 Å². The Kier molecular flexibility index (Phi) is 4.04. The molecule has 110 valence electrons. The van der Waals surface area contributed by atoms with E-state index in [2.05, 4.69) is 15.4 Å². The number of anilines is 1. The van der Waals surface area contributed by atoms with Crippen LogP contribution in [0.25, 0.3) is 0 Å². The molecule has 3 heterocycles. The molecule has 6 heteroatoms. The van der Waals surface area contributed by atoms with Crippen LogP contribution in [0.1, 0.15) is 35.6 Å². The van der Waals surface area contributed by atoms with Gasteiger partial charge in [-0.3, -0.25) is 4.79 Å². The summed E-state index contributed by atoms with van der Waals surface area (Å²) in [6.07, 6.45) is 6.60. The van der Waals surface area contributed by atoms with Gasteiger partial charge in [-0.25, -0.2) is 5.43 Å². The maximum absolute atomic E-state index is 11.6. The van der Waals surface area contributed by atoms with E-state index in [-0.39, 0.29) is 11.7 Å². The normalized spacial score (nSPS) is 15.5. The highest BCUT2D eigenvalue weighted by atomic mass is 16.4. The Morgan fingerprint density at radius 1 is 1.24 bits per heavy atom. The average Bonchev–Trinajstić information content (AvgIpc) is 3.20. The molecule has 1 N–H and O–H groups in total. The van der Waals surface area contributed by atoms with Gasteiger partial charge in [-0.05, 0) is 37.5 Å². The zero-order valence-corrected chi connectivity index (χ0v) is 11.6. The van der Waals surface area contributed by atoms with Gasteiger partial charge < -0.3 is 13.7 Å². The average molecular weight is 287 g/mol. The molecule has 1 fully saturated rings. The number of hydrogen-bond donors (Lipinski definition) is 1. The molecule has 6 nitrogen and oxygen atoms in total. The molecular weight excluding hydrogens is 270 g/mol. The van der Waals surface area contributed by atoms with Gasteiger partial charge in [0.15, 0.2) is 11.6 Å². The molecule has 2 aromatic rings. The lowest BCUT2D eigenvalue weighted by molar-refractivity contribution is 0.0927. The number of amides is 1. The minimum atomic E-state index is -0.390. The minimum Gasteiger partial charge on any atom is -0.459 e. The molecule has 3 rings (SSSR count). The zero-order valence-electron chi connectivity index (χ0n) is 11.6. The lowest BCUT2D eigenvalue weighted by Gasteiger charge is -2.25. The van der Waals surface area contributed by atoms with Crippen molar-refractivity contribution in [2.75, 3.05) is 18.0 Å². The van der Waals surface area contributed by atoms with Crippen molar-refractivity contribution >= 4 is 18.0 Å². The van der Waals surface area contributed by atoms with E-state index in [1.807, 2.05) is 12.1 Å². The van der Waals surface area contributed by atoms with Gasteiger partial charge in [-0.1, -0.05) is 0 Å². The number of hydrazone groups is 1. The van der Waals surface area contributed by atoms with Crippen molar-refractivity contribution in [1.82, 2.24) is 5.43 Å². The molecule has 1 aliphatic heterocycles. The molecule has 0 aromatic carbocycles. The summed E-state index contributed by atoms with van der Waals surface area (Å²) in [7, 11) is 0. The van der Waals surface area contributed by atoms with E-state index in [1.54, 1.807) is 12.1 Å². The molecule has 1 amide bonds. The highest BCUT2D eigenvalue weighted by Crippen LogP contribution is 2.21. The van der Waals surface area contributed by atoms with E-state index in [1.165, 1.54) is 31.7 Å². The largest absolute Gasteiger partial charge is 0.459 e. The van der Waals surface area contributed by atoms with Crippen molar-refractivity contribution in [2.45, 2.75) is 19.3 Å². The first kappa shape index (κ1) is 13.5. The molecule has 2 aromatic heterocycles. The van der Waals surface area contributed by atoms with Gasteiger partial charge in [0.2, 0.25) is 0 Å². The van der Waals surface area contributed by atoms with Crippen molar-refractivity contribution in [3.63, 3.8) is 0 Å². The number of carbonyl (C=O) groups is 1. The monoisotopic (exact) mass is 287 g/mol. The van der Waals surface area contributed by atoms with Gasteiger partial charge in [-0.2, -0.15) is 5.10 Å². The lowest BCUT2D eigenvalue weighted by atomic mass is 10.1. The topological polar surface area (TPSA) is 71.0 Å². The van der Waals surface area contributed by atoms with Gasteiger partial charge in [-0.15, -0.1) is 0 Å². The third-order valence-electron chi connectivity index (χ3n) is 3.38. The molecule has 0 unspecified atom stereocenters. The van der Waals surface area contributed by atoms with Crippen molar-refractivity contribution in [2.24, 2.45) is 5.10 Å². The quantitative estimate of drug-likeness (QED) is 0.693. The van der Waals surface area contributed by atoms with Crippen LogP contribution < -0.4 is 10.3 Å². The second-order valence-electron chi connectivity index (χ2n) is 4.90. The Labute approximate surface area is 122 Å². The van der Waals surface area contributed by atoms with Crippen LogP contribution in [0.2, 0.25) is 0 Å². The predicted octanol–water partition coefficient (Wildman–Crippen LogP) is 2.63. The molecule has 1 saturated heterocycles. The van der Waals surface area contributed by atoms with Crippen molar-refractivity contribution in [1.29, 1.82) is 0 Å². The number of nitrogens with one attached hydrogen (secondary N) is 1. The molecule has 0 bridgehead atoms. The van der Waals surface area contributed by atoms with Crippen LogP contribution in [0.3, 0.4) is 0 Å². The van der Waals surface area contributed by atoms with Crippen LogP contribution in [-0.2, 0) is 0 Å². The Hall–Kier alpha value is -2.50. The van der Waals surface area contributed by atoms with Gasteiger partial charge >= 0.3 is 5.91 Å². The Morgan fingerprint density at radius 2 is 2.10 bits per heavy atom. The number of rotatable bonds is 4. The Balaban J connectivity index is 1.56. The molecule has 0 aliphatic carbocycles. The van der Waals surface area contributed by atoms with Crippen LogP contribution in [0.4, 0.5) is 5.88 Å². The summed E-state index contributed by atoms with van der Waals surface area (Å²) in [4.78, 5) is 13.8. The maximum Gasteiger partial charge on any atom is 0.307 e. The second kappa shape index (κ2) is 6.30. The van der Waals surface area contributed by atoms with Crippen molar-refractivity contribution in [3.8, 4) is 0 Å². The van der Waals surface area contributed by atoms with Gasteiger partial charge in [0.05, 0.1) is 12.5 Å². The molecule has 0 spiro atoms. The number of furan rings is 2. The predicted molar refractivity (Wildman–Crippen MR) is 78.5 cm³/mol. The van der Waals surface area contributed by atoms with Crippen LogP contribution in [0.15, 0.2) is 44.5 Å². The van der Waals surface area contributed by atoms with E-state index in [9.17, 15) is 4.79 Å². The third-order valence-corrected chi connectivity index (χ3v) is 3.38. The van der Waals surface area contributed by atoms with Crippen LogP contribution >= 0.6 is 0 Å². The summed E-state index contributed by atoms with van der Waals surface area (Å²) in [6.45, 7) is 2.05. The van der Waals surface area contributed by atoms with E-state index in [0.717, 1.165) is 19.0 Å². The van der Waals surface area contributed by atoms with Crippen molar-refractivity contribution in [3.05, 3.63) is 42.0 Å². The van der Waals surface area contributed by atoms with E-state index >= 15 is 0 Å². The first-order valence-electron chi connectivity index (χ1n) is 7.04. The van der Waals surface area contributed by atoms with Crippen LogP contribution in [0.5, 0.6) is 0 Å². The molecular formula is C15H17N3O3. The summed E-state index contributed by atoms with van der Waals surface area (Å²) in [6, 6.07) is 7.00. The smallest absolute Gasteiger partial charge is 0.307 e. The Morgan fingerprint density at radius 3 is 2.86 bits per heavy atom. The van der Waals surface area contributed by atoms with Crippen LogP contribution in [-0.4, -0.2) is 25.2 Å². The summed E-state index contributed by atoms with van der Waals surface area (Å²) >= 11 is 0. The third kappa shape index (κ3) is 3.34. The highest BCUT2D eigenvalue weighted by Gasteiger charge is 2.13. The summed E-state index contributed by atoms with van der Waals surface area (Å²) in [5.41, 5.74) is 2.39. The SMILES string of the molecule is O=C(N/N=C\c1ccc(N2CCCCC2)o1)c1ccco1. The minimum absolute atomic E-state index is 0.223. The summed E-state index contributed by atoms with van der Waals surface area (Å²) < 4.78 is 10.7. The number of nitrogens with zero attached hydrogens (tertiary/aromatic N) is 2. The molecule has 0 radical (unpaired) electrons. The van der Waals surface area contributed by atoms with E-state index < -0.39 is 0 Å². The fourth-order valence-corrected chi connectivity index (χ4v) is 2.31. The first-order chi connectivity index (χ1) is 10.3. The van der Waals surface area contributed by atoms with Crippen LogP contribution in [0, 0.1) is 0 Å². The fraction of sp³-hybridized carbons (Fsp3) is 0.333. The first-order valence-corrected chi connectivity index (χ1v) is 7.04. The number of carbonyl (C=O) groups excluding carboxylic acids is 1. The number of piperidine rings is 1. The van der Waals surface area contributed by atoms with E-state index in [4.69, 9.17) is 8.83 Å². The molecule has 1 aliphatic rings. The number of hydrogen-bond acceptors (Lipinski definition) is 5. The summed E-state index contributed by atoms with van der Waals surface area (Å²) in [5.74, 6) is 1.29. The molecule has 0 saturated carbocycles. The molecule has 0 atom stereocenters. The molecule has 21 heavy (non-hydrogen) atoms. The summed E-state index contributed by atoms with van der Waals surface area (Å²) in [5, 5.41) is 3.86. The van der Waals surface area contributed by atoms with Gasteiger partial charge in [0.25, 0.3) is 0 Å². The highest BCUT2D eigenvalue weighted by molar-refractivity contribution is 5.92.